The highest BCUT2D eigenvalue weighted by Gasteiger charge is 2.31. The first-order valence-electron chi connectivity index (χ1n) is 9.04. The van der Waals surface area contributed by atoms with Crippen LogP contribution in [0.2, 0.25) is 0 Å². The molecule has 1 N–H and O–H groups in total. The number of ether oxygens (including phenoxy) is 2. The highest BCUT2D eigenvalue weighted by molar-refractivity contribution is 7.71. The van der Waals surface area contributed by atoms with Gasteiger partial charge in [0.15, 0.2) is 10.6 Å². The Morgan fingerprint density at radius 3 is 2.32 bits per heavy atom. The number of aromatic nitrogens is 3. The lowest BCUT2D eigenvalue weighted by Gasteiger charge is -2.18. The minimum absolute atomic E-state index is 0.0531. The number of rotatable bonds is 7. The fourth-order valence-corrected chi connectivity index (χ4v) is 3.04. The molecular weight excluding hydrogens is 433 g/mol. The van der Waals surface area contributed by atoms with Crippen LogP contribution in [-0.2, 0) is 17.9 Å². The molecule has 0 radical (unpaired) electrons. The number of carbonyl (C=O) groups is 1. The second-order valence-corrected chi connectivity index (χ2v) is 7.00. The SMILES string of the molecule is COc1ccc(-c2n[nH]c(=S)n2CC(=O)N(C)Cc2ccc(OC(F)(F)F)cc2)cc1. The molecule has 0 saturated carbocycles. The number of amides is 1. The maximum Gasteiger partial charge on any atom is 0.573 e. The molecule has 0 aliphatic heterocycles. The molecule has 0 bridgehead atoms. The van der Waals surface area contributed by atoms with E-state index < -0.39 is 6.36 Å². The van der Waals surface area contributed by atoms with Gasteiger partial charge in [-0.05, 0) is 54.2 Å². The zero-order chi connectivity index (χ0) is 22.6. The van der Waals surface area contributed by atoms with Gasteiger partial charge in [0, 0.05) is 19.2 Å². The van der Waals surface area contributed by atoms with Gasteiger partial charge in [-0.15, -0.1) is 13.2 Å². The summed E-state index contributed by atoms with van der Waals surface area (Å²) in [5.74, 6) is 0.622. The van der Waals surface area contributed by atoms with Crippen LogP contribution < -0.4 is 9.47 Å². The van der Waals surface area contributed by atoms with Crippen LogP contribution >= 0.6 is 12.2 Å². The van der Waals surface area contributed by atoms with Crippen molar-refractivity contribution < 1.29 is 27.4 Å². The summed E-state index contributed by atoms with van der Waals surface area (Å²) in [6.45, 7) is 0.149. The minimum atomic E-state index is -4.75. The molecule has 11 heteroatoms. The Bertz CT molecular complexity index is 1090. The van der Waals surface area contributed by atoms with Crippen molar-refractivity contribution in [3.05, 3.63) is 58.9 Å². The third-order valence-electron chi connectivity index (χ3n) is 4.40. The Kier molecular flexibility index (Phi) is 6.64. The molecule has 0 unspecified atom stereocenters. The number of hydrogen-bond acceptors (Lipinski definition) is 5. The molecule has 1 heterocycles. The van der Waals surface area contributed by atoms with Gasteiger partial charge in [0.2, 0.25) is 5.91 Å². The summed E-state index contributed by atoms with van der Waals surface area (Å²) in [5, 5.41) is 6.90. The van der Waals surface area contributed by atoms with Gasteiger partial charge in [-0.3, -0.25) is 14.5 Å². The normalized spacial score (nSPS) is 11.3. The van der Waals surface area contributed by atoms with E-state index in [1.807, 2.05) is 0 Å². The van der Waals surface area contributed by atoms with Crippen LogP contribution in [0.5, 0.6) is 11.5 Å². The first-order chi connectivity index (χ1) is 14.7. The Morgan fingerprint density at radius 1 is 1.13 bits per heavy atom. The van der Waals surface area contributed by atoms with Crippen LogP contribution in [0.4, 0.5) is 13.2 Å². The van der Waals surface area contributed by atoms with Gasteiger partial charge in [-0.1, -0.05) is 12.1 Å². The van der Waals surface area contributed by atoms with Crippen molar-refractivity contribution in [1.29, 1.82) is 0 Å². The van der Waals surface area contributed by atoms with Crippen molar-refractivity contribution in [1.82, 2.24) is 19.7 Å². The summed E-state index contributed by atoms with van der Waals surface area (Å²) in [6.07, 6.45) is -4.75. The van der Waals surface area contributed by atoms with Crippen molar-refractivity contribution >= 4 is 18.1 Å². The number of carbonyl (C=O) groups excluding carboxylic acids is 1. The minimum Gasteiger partial charge on any atom is -0.497 e. The van der Waals surface area contributed by atoms with Crippen LogP contribution in [-0.4, -0.2) is 46.1 Å². The van der Waals surface area contributed by atoms with E-state index in [1.165, 1.54) is 29.2 Å². The second kappa shape index (κ2) is 9.21. The monoisotopic (exact) mass is 452 g/mol. The number of hydrogen-bond donors (Lipinski definition) is 1. The first-order valence-corrected chi connectivity index (χ1v) is 9.45. The number of likely N-dealkylation sites (N-methyl/N-ethyl adjacent to an activating group) is 1. The first kappa shape index (κ1) is 22.3. The van der Waals surface area contributed by atoms with Gasteiger partial charge < -0.3 is 14.4 Å². The fourth-order valence-electron chi connectivity index (χ4n) is 2.84. The summed E-state index contributed by atoms with van der Waals surface area (Å²) >= 11 is 5.26. The molecule has 0 spiro atoms. The maximum atomic E-state index is 12.7. The maximum absolute atomic E-state index is 12.7. The van der Waals surface area contributed by atoms with Crippen LogP contribution in [0.1, 0.15) is 5.56 Å². The van der Waals surface area contributed by atoms with Gasteiger partial charge >= 0.3 is 6.36 Å². The number of aromatic amines is 1. The van der Waals surface area contributed by atoms with E-state index in [2.05, 4.69) is 14.9 Å². The van der Waals surface area contributed by atoms with Crippen molar-refractivity contribution in [2.24, 2.45) is 0 Å². The molecular formula is C20H19F3N4O3S. The number of nitrogens with one attached hydrogen (secondary N) is 1. The van der Waals surface area contributed by atoms with E-state index in [9.17, 15) is 18.0 Å². The van der Waals surface area contributed by atoms with Crippen LogP contribution in [0.25, 0.3) is 11.4 Å². The smallest absolute Gasteiger partial charge is 0.497 e. The molecule has 3 rings (SSSR count). The van der Waals surface area contributed by atoms with E-state index in [0.717, 1.165) is 5.56 Å². The van der Waals surface area contributed by atoms with Crippen molar-refractivity contribution in [3.8, 4) is 22.9 Å². The quantitative estimate of drug-likeness (QED) is 0.545. The van der Waals surface area contributed by atoms with Crippen LogP contribution in [0.15, 0.2) is 48.5 Å². The van der Waals surface area contributed by atoms with Gasteiger partial charge in [-0.2, -0.15) is 5.10 Å². The highest BCUT2D eigenvalue weighted by Crippen LogP contribution is 2.23. The molecule has 3 aromatic rings. The van der Waals surface area contributed by atoms with E-state index in [4.69, 9.17) is 17.0 Å². The number of benzene rings is 2. The van der Waals surface area contributed by atoms with Gasteiger partial charge in [0.25, 0.3) is 0 Å². The Balaban J connectivity index is 1.69. The van der Waals surface area contributed by atoms with E-state index in [1.54, 1.807) is 43.0 Å². The third-order valence-corrected chi connectivity index (χ3v) is 4.71. The van der Waals surface area contributed by atoms with Crippen LogP contribution in [0, 0.1) is 4.77 Å². The second-order valence-electron chi connectivity index (χ2n) is 6.61. The zero-order valence-electron chi connectivity index (χ0n) is 16.6. The lowest BCUT2D eigenvalue weighted by Crippen LogP contribution is -2.30. The lowest BCUT2D eigenvalue weighted by atomic mass is 10.2. The largest absolute Gasteiger partial charge is 0.573 e. The molecule has 1 aromatic heterocycles. The lowest BCUT2D eigenvalue weighted by molar-refractivity contribution is -0.274. The summed E-state index contributed by atoms with van der Waals surface area (Å²) in [6, 6.07) is 12.5. The summed E-state index contributed by atoms with van der Waals surface area (Å²) < 4.78 is 47.7. The molecule has 0 fully saturated rings. The molecule has 2 aromatic carbocycles. The number of alkyl halides is 3. The third kappa shape index (κ3) is 5.85. The average Bonchev–Trinajstić information content (AvgIpc) is 3.08. The summed E-state index contributed by atoms with van der Waals surface area (Å²) in [4.78, 5) is 14.2. The van der Waals surface area contributed by atoms with Gasteiger partial charge in [-0.25, -0.2) is 0 Å². The predicted octanol–water partition coefficient (Wildman–Crippen LogP) is 4.17. The Labute approximate surface area is 181 Å². The standard InChI is InChI=1S/C20H19F3N4O3S/c1-26(11-13-3-7-16(8-4-13)30-20(21,22)23)17(28)12-27-18(24-25-19(27)31)14-5-9-15(29-2)10-6-14/h3-10H,11-12H2,1-2H3,(H,25,31). The van der Waals surface area contributed by atoms with E-state index in [-0.39, 0.29) is 24.7 Å². The van der Waals surface area contributed by atoms with Crippen molar-refractivity contribution in [3.63, 3.8) is 0 Å². The number of halogens is 3. The summed E-state index contributed by atoms with van der Waals surface area (Å²) in [7, 11) is 3.16. The molecule has 31 heavy (non-hydrogen) atoms. The molecule has 0 saturated heterocycles. The molecule has 164 valence electrons. The van der Waals surface area contributed by atoms with Crippen LogP contribution in [0.3, 0.4) is 0 Å². The molecule has 0 aliphatic rings. The molecule has 1 amide bonds. The van der Waals surface area contributed by atoms with E-state index in [0.29, 0.717) is 21.9 Å². The van der Waals surface area contributed by atoms with E-state index >= 15 is 0 Å². The molecule has 0 atom stereocenters. The molecule has 0 aliphatic carbocycles. The topological polar surface area (TPSA) is 72.4 Å². The number of methoxy groups -OCH3 is 1. The average molecular weight is 452 g/mol. The van der Waals surface area contributed by atoms with Crippen molar-refractivity contribution in [2.75, 3.05) is 14.2 Å². The highest BCUT2D eigenvalue weighted by atomic mass is 32.1. The Morgan fingerprint density at radius 2 is 1.74 bits per heavy atom. The van der Waals surface area contributed by atoms with Gasteiger partial charge in [0.05, 0.1) is 7.11 Å². The Hall–Kier alpha value is -3.34. The fraction of sp³-hybridized carbons (Fsp3) is 0.250. The number of H-pyrrole nitrogens is 1. The van der Waals surface area contributed by atoms with Crippen molar-refractivity contribution in [2.45, 2.75) is 19.5 Å². The van der Waals surface area contributed by atoms with Gasteiger partial charge in [0.1, 0.15) is 18.0 Å². The zero-order valence-corrected chi connectivity index (χ0v) is 17.5. The number of nitrogens with zero attached hydrogens (tertiary/aromatic N) is 3. The molecule has 7 nitrogen and oxygen atoms in total. The summed E-state index contributed by atoms with van der Waals surface area (Å²) in [5.41, 5.74) is 1.40. The predicted molar refractivity (Wildman–Crippen MR) is 109 cm³/mol.